The van der Waals surface area contributed by atoms with E-state index in [0.717, 1.165) is 44.5 Å². The Labute approximate surface area is 414 Å². The first kappa shape index (κ1) is 40.1. The van der Waals surface area contributed by atoms with Crippen molar-refractivity contribution in [2.45, 2.75) is 0 Å². The van der Waals surface area contributed by atoms with Crippen molar-refractivity contribution in [3.8, 4) is 17.1 Å². The van der Waals surface area contributed by atoms with Crippen LogP contribution in [0.1, 0.15) is 0 Å². The lowest BCUT2D eigenvalue weighted by atomic mass is 10.1. The van der Waals surface area contributed by atoms with Gasteiger partial charge in [-0.1, -0.05) is 164 Å². The molecule has 332 valence electrons. The highest BCUT2D eigenvalue weighted by Gasteiger charge is 2.41. The average Bonchev–Trinajstić information content (AvgIpc) is 4.18. The number of fused-ring (bicyclic) bond motifs is 13. The fraction of sp³-hybridized carbons (Fsp3) is 0. The maximum Gasteiger partial charge on any atom is 0.179 e. The van der Waals surface area contributed by atoms with Crippen LogP contribution in [0.4, 0.5) is 0 Å². The van der Waals surface area contributed by atoms with Gasteiger partial charge in [-0.15, -0.1) is 11.3 Å². The Morgan fingerprint density at radius 1 is 0.310 bits per heavy atom. The van der Waals surface area contributed by atoms with Crippen LogP contribution < -0.4 is 20.7 Å². The quantitative estimate of drug-likeness (QED) is 0.116. The van der Waals surface area contributed by atoms with Crippen LogP contribution in [-0.4, -0.2) is 26.8 Å². The first-order valence-corrected chi connectivity index (χ1v) is 27.1. The van der Waals surface area contributed by atoms with E-state index >= 15 is 0 Å². The number of aromatic nitrogens is 4. The molecule has 5 heterocycles. The molecule has 0 radical (unpaired) electrons. The molecule has 4 nitrogen and oxygen atoms in total. The van der Waals surface area contributed by atoms with Gasteiger partial charge in [-0.2, -0.15) is 0 Å². The third-order valence-electron chi connectivity index (χ3n) is 15.1. The molecule has 0 aliphatic rings. The minimum atomic E-state index is -2.85. The molecule has 0 N–H and O–H groups in total. The van der Waals surface area contributed by atoms with Gasteiger partial charge >= 0.3 is 0 Å². The standard InChI is InChI=1S/C65H42N4SSi/c1-5-17-43(18-6-1)69-58-34-31-49(71(46-19-7-2-8-20-46,47-21-9-3-10-22-47)48-23-11-4-12-24-48)41-53(58)52-32-35-61-64(65(52)69)55-40-44(67-57-27-15-13-25-50(57)56-42-66-38-37-60(56)67)29-33-59(55)68(61)45-30-36-63-54(39-45)51-26-14-16-28-62(51)70-63/h1-42H. The third kappa shape index (κ3) is 5.80. The molecule has 0 spiro atoms. The monoisotopic (exact) mass is 938 g/mol. The third-order valence-corrected chi connectivity index (χ3v) is 21.0. The van der Waals surface area contributed by atoms with Crippen molar-refractivity contribution in [1.82, 2.24) is 18.7 Å². The second-order valence-corrected chi connectivity index (χ2v) is 23.6. The Hall–Kier alpha value is -8.81. The van der Waals surface area contributed by atoms with Crippen molar-refractivity contribution in [1.29, 1.82) is 0 Å². The predicted octanol–water partition coefficient (Wildman–Crippen LogP) is 14.1. The normalized spacial score (nSPS) is 12.2. The molecule has 0 atom stereocenters. The highest BCUT2D eigenvalue weighted by atomic mass is 32.1. The van der Waals surface area contributed by atoms with Crippen LogP contribution in [-0.2, 0) is 0 Å². The summed E-state index contributed by atoms with van der Waals surface area (Å²) in [6, 6.07) is 90.7. The molecule has 0 unspecified atom stereocenters. The van der Waals surface area contributed by atoms with Crippen molar-refractivity contribution in [3.63, 3.8) is 0 Å². The van der Waals surface area contributed by atoms with Crippen molar-refractivity contribution >= 4 is 126 Å². The maximum absolute atomic E-state index is 4.58. The second kappa shape index (κ2) is 15.6. The number of nitrogens with zero attached hydrogens (tertiary/aromatic N) is 4. The molecule has 6 heteroatoms. The van der Waals surface area contributed by atoms with E-state index in [0.29, 0.717) is 0 Å². The zero-order chi connectivity index (χ0) is 46.6. The topological polar surface area (TPSA) is 27.7 Å². The lowest BCUT2D eigenvalue weighted by molar-refractivity contribution is 1.16. The Morgan fingerprint density at radius 2 is 0.845 bits per heavy atom. The molecule has 0 amide bonds. The number of benzene rings is 10. The van der Waals surface area contributed by atoms with Crippen LogP contribution in [0.15, 0.2) is 255 Å². The van der Waals surface area contributed by atoms with Gasteiger partial charge in [-0.3, -0.25) is 4.98 Å². The molecular formula is C65H42N4SSi. The fourth-order valence-corrected chi connectivity index (χ4v) is 18.0. The number of rotatable bonds is 7. The Balaban J connectivity index is 1.09. The summed E-state index contributed by atoms with van der Waals surface area (Å²) in [5, 5.41) is 15.2. The zero-order valence-corrected chi connectivity index (χ0v) is 40.3. The predicted molar refractivity (Wildman–Crippen MR) is 304 cm³/mol. The molecule has 10 aromatic carbocycles. The molecule has 15 aromatic rings. The first-order valence-electron chi connectivity index (χ1n) is 24.3. The number of thiophene rings is 1. The van der Waals surface area contributed by atoms with Crippen LogP contribution in [0, 0.1) is 0 Å². The molecule has 0 saturated heterocycles. The van der Waals surface area contributed by atoms with Crippen LogP contribution in [0.5, 0.6) is 0 Å². The van der Waals surface area contributed by atoms with Crippen molar-refractivity contribution in [2.75, 3.05) is 0 Å². The minimum absolute atomic E-state index is 1.11. The van der Waals surface area contributed by atoms with Crippen molar-refractivity contribution in [2.24, 2.45) is 0 Å². The number of hydrogen-bond donors (Lipinski definition) is 0. The minimum Gasteiger partial charge on any atom is -0.309 e. The summed E-state index contributed by atoms with van der Waals surface area (Å²) in [5.74, 6) is 0. The molecule has 0 aliphatic carbocycles. The summed E-state index contributed by atoms with van der Waals surface area (Å²) < 4.78 is 10.1. The Bertz CT molecular complexity index is 4420. The van der Waals surface area contributed by atoms with Crippen LogP contribution in [0.2, 0.25) is 0 Å². The van der Waals surface area contributed by atoms with Crippen LogP contribution >= 0.6 is 11.3 Å². The fourth-order valence-electron chi connectivity index (χ4n) is 12.1. The van der Waals surface area contributed by atoms with E-state index in [4.69, 9.17) is 0 Å². The summed E-state index contributed by atoms with van der Waals surface area (Å²) in [4.78, 5) is 4.58. The van der Waals surface area contributed by atoms with Crippen molar-refractivity contribution < 1.29 is 0 Å². The molecular weight excluding hydrogens is 897 g/mol. The molecule has 71 heavy (non-hydrogen) atoms. The van der Waals surface area contributed by atoms with Gasteiger partial charge < -0.3 is 13.7 Å². The van der Waals surface area contributed by atoms with Crippen molar-refractivity contribution in [3.05, 3.63) is 255 Å². The zero-order valence-electron chi connectivity index (χ0n) is 38.4. The van der Waals surface area contributed by atoms with Crippen LogP contribution in [0.3, 0.4) is 0 Å². The summed E-state index contributed by atoms with van der Waals surface area (Å²) >= 11 is 1.86. The van der Waals surface area contributed by atoms with Gasteiger partial charge in [0.1, 0.15) is 0 Å². The molecule has 0 saturated carbocycles. The lowest BCUT2D eigenvalue weighted by Crippen LogP contribution is -2.74. The van der Waals surface area contributed by atoms with E-state index in [9.17, 15) is 0 Å². The highest BCUT2D eigenvalue weighted by molar-refractivity contribution is 7.25. The number of hydrogen-bond acceptors (Lipinski definition) is 2. The molecule has 0 aliphatic heterocycles. The molecule has 5 aromatic heterocycles. The number of pyridine rings is 1. The van der Waals surface area contributed by atoms with Gasteiger partial charge in [-0.05, 0) is 99.6 Å². The van der Waals surface area contributed by atoms with Gasteiger partial charge in [0.05, 0.1) is 33.1 Å². The smallest absolute Gasteiger partial charge is 0.179 e. The molecule has 0 fully saturated rings. The van der Waals surface area contributed by atoms with Crippen LogP contribution in [0.25, 0.3) is 103 Å². The van der Waals surface area contributed by atoms with E-state index < -0.39 is 8.07 Å². The Morgan fingerprint density at radius 3 is 1.58 bits per heavy atom. The maximum atomic E-state index is 4.58. The molecule has 15 rings (SSSR count). The second-order valence-electron chi connectivity index (χ2n) is 18.7. The largest absolute Gasteiger partial charge is 0.309 e. The summed E-state index contributed by atoms with van der Waals surface area (Å²) in [6.07, 6.45) is 3.91. The SMILES string of the molecule is c1ccc(-n2c3ccc([Si](c4ccccc4)(c4ccccc4)c4ccccc4)cc3c3ccc4c(c5cc(-n6c7ccccc7c7cnccc76)ccc5n4-c4ccc5sc6ccccc6c5c4)c32)cc1. The van der Waals surface area contributed by atoms with Gasteiger partial charge in [0, 0.05) is 81.9 Å². The number of para-hydroxylation sites is 2. The average molecular weight is 939 g/mol. The van der Waals surface area contributed by atoms with E-state index in [1.54, 1.807) is 0 Å². The van der Waals surface area contributed by atoms with E-state index in [1.165, 1.54) is 78.9 Å². The van der Waals surface area contributed by atoms with Gasteiger partial charge in [-0.25, -0.2) is 0 Å². The Kier molecular flexibility index (Phi) is 8.81. The summed E-state index contributed by atoms with van der Waals surface area (Å²) in [5.41, 5.74) is 10.4. The lowest BCUT2D eigenvalue weighted by Gasteiger charge is -2.34. The first-order chi connectivity index (χ1) is 35.2. The van der Waals surface area contributed by atoms with E-state index in [1.807, 2.05) is 23.7 Å². The molecule has 0 bridgehead atoms. The van der Waals surface area contributed by atoms with Gasteiger partial charge in [0.25, 0.3) is 0 Å². The summed E-state index contributed by atoms with van der Waals surface area (Å²) in [7, 11) is -2.85. The van der Waals surface area contributed by atoms with E-state index in [2.05, 4.69) is 261 Å². The van der Waals surface area contributed by atoms with Gasteiger partial charge in [0.2, 0.25) is 0 Å². The van der Waals surface area contributed by atoms with E-state index in [-0.39, 0.29) is 0 Å². The summed E-state index contributed by atoms with van der Waals surface area (Å²) in [6.45, 7) is 0. The highest BCUT2D eigenvalue weighted by Crippen LogP contribution is 2.44. The van der Waals surface area contributed by atoms with Gasteiger partial charge in [0.15, 0.2) is 8.07 Å².